The maximum absolute atomic E-state index is 14.0. The van der Waals surface area contributed by atoms with Crippen molar-refractivity contribution in [2.75, 3.05) is 0 Å². The van der Waals surface area contributed by atoms with E-state index in [0.717, 1.165) is 6.20 Å². The average molecular weight is 470 g/mol. The molecule has 0 spiro atoms. The van der Waals surface area contributed by atoms with Gasteiger partial charge < -0.3 is 9.63 Å². The molecule has 158 valence electrons. The maximum atomic E-state index is 14.0. The number of halogens is 5. The van der Waals surface area contributed by atoms with Gasteiger partial charge in [-0.3, -0.25) is 9.97 Å². The van der Waals surface area contributed by atoms with Crippen LogP contribution in [0.2, 0.25) is 10.0 Å². The molecule has 0 aromatic carbocycles. The van der Waals surface area contributed by atoms with Gasteiger partial charge in [0.25, 0.3) is 0 Å². The SMILES string of the molecule is O=C(O)c1c(-c2c(Cl)cncc2Cl)noc1-c1cnn(-c2cccnc2)c1C(F)(F)F. The second kappa shape index (κ2) is 7.67. The second-order valence-electron chi connectivity index (χ2n) is 6.05. The van der Waals surface area contributed by atoms with Crippen LogP contribution in [-0.4, -0.2) is 36.0 Å². The zero-order chi connectivity index (χ0) is 22.3. The van der Waals surface area contributed by atoms with E-state index >= 15 is 0 Å². The number of nitrogens with zero attached hydrogens (tertiary/aromatic N) is 5. The summed E-state index contributed by atoms with van der Waals surface area (Å²) in [5.41, 5.74) is -2.93. The Morgan fingerprint density at radius 1 is 1.10 bits per heavy atom. The molecule has 0 amide bonds. The molecule has 1 N–H and O–H groups in total. The van der Waals surface area contributed by atoms with Crippen molar-refractivity contribution in [2.24, 2.45) is 0 Å². The third-order valence-electron chi connectivity index (χ3n) is 4.17. The second-order valence-corrected chi connectivity index (χ2v) is 6.86. The van der Waals surface area contributed by atoms with Crippen molar-refractivity contribution in [3.05, 3.63) is 64.4 Å². The summed E-state index contributed by atoms with van der Waals surface area (Å²) in [4.78, 5) is 19.5. The summed E-state index contributed by atoms with van der Waals surface area (Å²) in [7, 11) is 0. The van der Waals surface area contributed by atoms with Crippen LogP contribution in [0.25, 0.3) is 28.3 Å². The molecule has 0 aliphatic heterocycles. The van der Waals surface area contributed by atoms with Crippen LogP contribution in [0.5, 0.6) is 0 Å². The van der Waals surface area contributed by atoms with Crippen molar-refractivity contribution >= 4 is 29.2 Å². The van der Waals surface area contributed by atoms with E-state index in [1.807, 2.05) is 0 Å². The first-order chi connectivity index (χ1) is 14.7. The molecule has 13 heteroatoms. The highest BCUT2D eigenvalue weighted by molar-refractivity contribution is 6.39. The first-order valence-electron chi connectivity index (χ1n) is 8.28. The Hall–Kier alpha value is -3.44. The molecule has 31 heavy (non-hydrogen) atoms. The Morgan fingerprint density at radius 2 is 1.81 bits per heavy atom. The average Bonchev–Trinajstić information content (AvgIpc) is 3.33. The fraction of sp³-hybridized carbons (Fsp3) is 0.0556. The van der Waals surface area contributed by atoms with E-state index in [0.29, 0.717) is 4.68 Å². The minimum Gasteiger partial charge on any atom is -0.477 e. The van der Waals surface area contributed by atoms with Gasteiger partial charge in [-0.2, -0.15) is 18.3 Å². The Labute approximate surface area is 180 Å². The molecule has 0 saturated heterocycles. The molecule has 0 radical (unpaired) electrons. The predicted molar refractivity (Wildman–Crippen MR) is 102 cm³/mol. The zero-order valence-electron chi connectivity index (χ0n) is 14.9. The van der Waals surface area contributed by atoms with E-state index < -0.39 is 34.7 Å². The number of hydrogen-bond donors (Lipinski definition) is 1. The van der Waals surface area contributed by atoms with Crippen molar-refractivity contribution in [3.63, 3.8) is 0 Å². The Bertz CT molecular complexity index is 1270. The highest BCUT2D eigenvalue weighted by Gasteiger charge is 2.42. The van der Waals surface area contributed by atoms with E-state index in [1.165, 1.54) is 36.9 Å². The summed E-state index contributed by atoms with van der Waals surface area (Å²) in [6.07, 6.45) is 0.842. The number of aromatic carboxylic acids is 1. The third-order valence-corrected chi connectivity index (χ3v) is 4.74. The molecular weight excluding hydrogens is 462 g/mol. The Kier molecular flexibility index (Phi) is 5.15. The van der Waals surface area contributed by atoms with Crippen molar-refractivity contribution in [3.8, 4) is 28.3 Å². The molecule has 0 unspecified atom stereocenters. The van der Waals surface area contributed by atoms with Crippen LogP contribution in [0.4, 0.5) is 13.2 Å². The largest absolute Gasteiger partial charge is 0.477 e. The van der Waals surface area contributed by atoms with Crippen molar-refractivity contribution < 1.29 is 27.6 Å². The Balaban J connectivity index is 2.00. The summed E-state index contributed by atoms with van der Waals surface area (Å²) >= 11 is 12.1. The van der Waals surface area contributed by atoms with Crippen LogP contribution >= 0.6 is 23.2 Å². The number of carboxylic acid groups (broad SMARTS) is 1. The van der Waals surface area contributed by atoms with E-state index in [2.05, 4.69) is 20.2 Å². The molecule has 8 nitrogen and oxygen atoms in total. The summed E-state index contributed by atoms with van der Waals surface area (Å²) in [6.45, 7) is 0. The highest BCUT2D eigenvalue weighted by atomic mass is 35.5. The molecule has 0 bridgehead atoms. The van der Waals surface area contributed by atoms with Crippen molar-refractivity contribution in [2.45, 2.75) is 6.18 Å². The number of hydrogen-bond acceptors (Lipinski definition) is 6. The molecule has 0 aliphatic carbocycles. The van der Waals surface area contributed by atoms with E-state index in [1.54, 1.807) is 0 Å². The number of rotatable bonds is 4. The standard InChI is InChI=1S/C18H8Cl2F3N5O3/c19-10-6-25-7-11(20)12(10)14-13(17(29)30)15(31-27-14)9-5-26-28(16(9)18(21,22)23)8-2-1-3-24-4-8/h1-7H,(H,29,30). The monoisotopic (exact) mass is 469 g/mol. The van der Waals surface area contributed by atoms with Crippen LogP contribution in [0.1, 0.15) is 16.1 Å². The lowest BCUT2D eigenvalue weighted by Gasteiger charge is -2.11. The number of alkyl halides is 3. The van der Waals surface area contributed by atoms with Gasteiger partial charge >= 0.3 is 12.1 Å². The molecular formula is C18H8Cl2F3N5O3. The van der Waals surface area contributed by atoms with E-state index in [9.17, 15) is 23.1 Å². The van der Waals surface area contributed by atoms with E-state index in [-0.39, 0.29) is 27.0 Å². The fourth-order valence-electron chi connectivity index (χ4n) is 2.94. The van der Waals surface area contributed by atoms with Gasteiger partial charge in [0.1, 0.15) is 11.3 Å². The molecule has 0 atom stereocenters. The number of carbonyl (C=O) groups is 1. The normalized spacial score (nSPS) is 11.6. The van der Waals surface area contributed by atoms with E-state index in [4.69, 9.17) is 27.7 Å². The first kappa shape index (κ1) is 20.8. The van der Waals surface area contributed by atoms with Gasteiger partial charge in [0.05, 0.1) is 33.7 Å². The number of pyridine rings is 2. The summed E-state index contributed by atoms with van der Waals surface area (Å²) < 4.78 is 47.5. The van der Waals surface area contributed by atoms with Crippen LogP contribution in [-0.2, 0) is 6.18 Å². The smallest absolute Gasteiger partial charge is 0.434 e. The van der Waals surface area contributed by atoms with Gasteiger partial charge in [0.15, 0.2) is 11.5 Å². The van der Waals surface area contributed by atoms with Crippen LogP contribution in [0, 0.1) is 0 Å². The van der Waals surface area contributed by atoms with Gasteiger partial charge in [0, 0.05) is 24.2 Å². The number of aromatic nitrogens is 5. The summed E-state index contributed by atoms with van der Waals surface area (Å²) in [6, 6.07) is 2.79. The zero-order valence-corrected chi connectivity index (χ0v) is 16.4. The summed E-state index contributed by atoms with van der Waals surface area (Å²) in [5.74, 6) is -2.26. The van der Waals surface area contributed by atoms with Crippen molar-refractivity contribution in [1.29, 1.82) is 0 Å². The molecule has 0 aliphatic rings. The molecule has 0 fully saturated rings. The van der Waals surface area contributed by atoms with Gasteiger partial charge in [-0.1, -0.05) is 28.4 Å². The quantitative estimate of drug-likeness (QED) is 0.447. The fourth-order valence-corrected chi connectivity index (χ4v) is 3.49. The minimum atomic E-state index is -4.92. The van der Waals surface area contributed by atoms with Crippen LogP contribution in [0.3, 0.4) is 0 Å². The lowest BCUT2D eigenvalue weighted by Crippen LogP contribution is -2.15. The van der Waals surface area contributed by atoms with Gasteiger partial charge in [0.2, 0.25) is 0 Å². The van der Waals surface area contributed by atoms with Crippen LogP contribution < -0.4 is 0 Å². The third kappa shape index (κ3) is 3.62. The molecule has 4 aromatic heterocycles. The molecule has 4 rings (SSSR count). The van der Waals surface area contributed by atoms with Gasteiger partial charge in [-0.15, -0.1) is 0 Å². The van der Waals surface area contributed by atoms with Gasteiger partial charge in [-0.25, -0.2) is 9.48 Å². The minimum absolute atomic E-state index is 0.0120. The topological polar surface area (TPSA) is 107 Å². The number of carboxylic acids is 1. The van der Waals surface area contributed by atoms with Gasteiger partial charge in [-0.05, 0) is 12.1 Å². The molecule has 0 saturated carbocycles. The van der Waals surface area contributed by atoms with Crippen molar-refractivity contribution in [1.82, 2.24) is 24.9 Å². The molecule has 4 heterocycles. The molecule has 4 aromatic rings. The predicted octanol–water partition coefficient (Wildman–Crippen LogP) is 5.01. The lowest BCUT2D eigenvalue weighted by molar-refractivity contribution is -0.142. The lowest BCUT2D eigenvalue weighted by atomic mass is 10.0. The first-order valence-corrected chi connectivity index (χ1v) is 9.04. The van der Waals surface area contributed by atoms with Crippen LogP contribution in [0.15, 0.2) is 47.6 Å². The Morgan fingerprint density at radius 3 is 2.39 bits per heavy atom. The maximum Gasteiger partial charge on any atom is 0.434 e. The summed E-state index contributed by atoms with van der Waals surface area (Å²) in [5, 5.41) is 17.0. The highest BCUT2D eigenvalue weighted by Crippen LogP contribution is 2.43.